The molecule has 1 fully saturated rings. The van der Waals surface area contributed by atoms with Gasteiger partial charge in [0.15, 0.2) is 0 Å². The molecule has 2 amide bonds. The SMILES string of the molecule is C#CC1CCC(NC(=O)CNC(=O)O)C1. The third kappa shape index (κ3) is 3.90. The summed E-state index contributed by atoms with van der Waals surface area (Å²) in [5.41, 5.74) is 0. The molecule has 2 unspecified atom stereocenters. The number of carbonyl (C=O) groups excluding carboxylic acids is 1. The minimum absolute atomic E-state index is 0.0918. The van der Waals surface area contributed by atoms with Crippen molar-refractivity contribution in [3.05, 3.63) is 0 Å². The normalized spacial score (nSPS) is 24.2. The summed E-state index contributed by atoms with van der Waals surface area (Å²) in [6, 6.07) is 0.0918. The average molecular weight is 210 g/mol. The lowest BCUT2D eigenvalue weighted by Crippen LogP contribution is -2.40. The molecule has 0 bridgehead atoms. The van der Waals surface area contributed by atoms with Gasteiger partial charge >= 0.3 is 6.09 Å². The molecule has 0 aromatic rings. The molecule has 0 aromatic heterocycles. The van der Waals surface area contributed by atoms with Crippen LogP contribution in [0.3, 0.4) is 0 Å². The van der Waals surface area contributed by atoms with Crippen LogP contribution >= 0.6 is 0 Å². The molecule has 1 aliphatic rings. The largest absolute Gasteiger partial charge is 0.465 e. The predicted octanol–water partition coefficient (Wildman–Crippen LogP) is 0.172. The molecule has 82 valence electrons. The van der Waals surface area contributed by atoms with Crippen molar-refractivity contribution in [1.82, 2.24) is 10.6 Å². The Morgan fingerprint density at radius 3 is 2.73 bits per heavy atom. The number of carboxylic acid groups (broad SMARTS) is 1. The van der Waals surface area contributed by atoms with Crippen molar-refractivity contribution in [3.63, 3.8) is 0 Å². The molecule has 1 aliphatic carbocycles. The lowest BCUT2D eigenvalue weighted by atomic mass is 10.1. The zero-order valence-electron chi connectivity index (χ0n) is 8.32. The summed E-state index contributed by atoms with van der Waals surface area (Å²) < 4.78 is 0. The van der Waals surface area contributed by atoms with Crippen LogP contribution in [0.4, 0.5) is 4.79 Å². The molecule has 5 heteroatoms. The van der Waals surface area contributed by atoms with E-state index >= 15 is 0 Å². The van der Waals surface area contributed by atoms with Crippen LogP contribution in [0.1, 0.15) is 19.3 Å². The Bertz CT molecular complexity index is 296. The number of hydrogen-bond acceptors (Lipinski definition) is 2. The van der Waals surface area contributed by atoms with Gasteiger partial charge < -0.3 is 15.7 Å². The van der Waals surface area contributed by atoms with Gasteiger partial charge in [0.2, 0.25) is 5.91 Å². The van der Waals surface area contributed by atoms with E-state index in [9.17, 15) is 9.59 Å². The van der Waals surface area contributed by atoms with Crippen molar-refractivity contribution >= 4 is 12.0 Å². The smallest absolute Gasteiger partial charge is 0.405 e. The van der Waals surface area contributed by atoms with Crippen LogP contribution < -0.4 is 10.6 Å². The molecule has 0 aromatic carbocycles. The number of terminal acetylenes is 1. The average Bonchev–Trinajstić information content (AvgIpc) is 2.62. The zero-order chi connectivity index (χ0) is 11.3. The fourth-order valence-corrected chi connectivity index (χ4v) is 1.70. The molecule has 5 nitrogen and oxygen atoms in total. The Labute approximate surface area is 88.2 Å². The second kappa shape index (κ2) is 5.25. The van der Waals surface area contributed by atoms with Gasteiger partial charge in [-0.3, -0.25) is 4.79 Å². The van der Waals surface area contributed by atoms with Gasteiger partial charge in [-0.2, -0.15) is 0 Å². The minimum atomic E-state index is -1.20. The second-order valence-electron chi connectivity index (χ2n) is 3.60. The van der Waals surface area contributed by atoms with E-state index < -0.39 is 6.09 Å². The van der Waals surface area contributed by atoms with Crippen LogP contribution in [0.5, 0.6) is 0 Å². The Balaban J connectivity index is 2.22. The van der Waals surface area contributed by atoms with Crippen LogP contribution in [0.25, 0.3) is 0 Å². The molecule has 3 N–H and O–H groups in total. The highest BCUT2D eigenvalue weighted by molar-refractivity contribution is 5.81. The van der Waals surface area contributed by atoms with Gasteiger partial charge in [0, 0.05) is 12.0 Å². The van der Waals surface area contributed by atoms with Crippen LogP contribution in [0.15, 0.2) is 0 Å². The summed E-state index contributed by atoms with van der Waals surface area (Å²) >= 11 is 0. The molecule has 0 saturated heterocycles. The van der Waals surface area contributed by atoms with E-state index in [1.807, 2.05) is 5.32 Å². The minimum Gasteiger partial charge on any atom is -0.465 e. The molecular formula is C10H14N2O3. The number of carbonyl (C=O) groups is 2. The first kappa shape index (κ1) is 11.4. The Hall–Kier alpha value is -1.70. The fourth-order valence-electron chi connectivity index (χ4n) is 1.70. The Morgan fingerprint density at radius 2 is 2.20 bits per heavy atom. The summed E-state index contributed by atoms with van der Waals surface area (Å²) in [7, 11) is 0. The molecule has 15 heavy (non-hydrogen) atoms. The number of amides is 2. The summed E-state index contributed by atoms with van der Waals surface area (Å²) in [6.07, 6.45) is 6.66. The van der Waals surface area contributed by atoms with Crippen molar-refractivity contribution < 1.29 is 14.7 Å². The first-order valence-electron chi connectivity index (χ1n) is 4.84. The highest BCUT2D eigenvalue weighted by Gasteiger charge is 2.24. The van der Waals surface area contributed by atoms with Crippen LogP contribution in [-0.4, -0.2) is 29.7 Å². The summed E-state index contributed by atoms with van der Waals surface area (Å²) in [5, 5.41) is 13.0. The molecule has 0 radical (unpaired) electrons. The Kier molecular flexibility index (Phi) is 3.98. The lowest BCUT2D eigenvalue weighted by molar-refractivity contribution is -0.120. The standard InChI is InChI=1S/C10H14N2O3/c1-2-7-3-4-8(5-7)12-9(13)6-11-10(14)15/h1,7-8,11H,3-6H2,(H,12,13)(H,14,15). The zero-order valence-corrected chi connectivity index (χ0v) is 8.32. The van der Waals surface area contributed by atoms with E-state index in [0.717, 1.165) is 19.3 Å². The third-order valence-corrected chi connectivity index (χ3v) is 2.43. The second-order valence-corrected chi connectivity index (χ2v) is 3.60. The van der Waals surface area contributed by atoms with Gasteiger partial charge in [0.1, 0.15) is 0 Å². The molecule has 0 heterocycles. The number of nitrogens with one attached hydrogen (secondary N) is 2. The summed E-state index contributed by atoms with van der Waals surface area (Å²) in [4.78, 5) is 21.3. The lowest BCUT2D eigenvalue weighted by Gasteiger charge is -2.11. The monoisotopic (exact) mass is 210 g/mol. The van der Waals surface area contributed by atoms with Gasteiger partial charge in [-0.1, -0.05) is 0 Å². The van der Waals surface area contributed by atoms with Gasteiger partial charge in [-0.25, -0.2) is 4.79 Å². The molecule has 1 rings (SSSR count). The van der Waals surface area contributed by atoms with E-state index in [1.54, 1.807) is 0 Å². The molecular weight excluding hydrogens is 196 g/mol. The summed E-state index contributed by atoms with van der Waals surface area (Å²) in [5.74, 6) is 2.59. The summed E-state index contributed by atoms with van der Waals surface area (Å²) in [6.45, 7) is -0.202. The van der Waals surface area contributed by atoms with Crippen molar-refractivity contribution in [2.24, 2.45) is 5.92 Å². The van der Waals surface area contributed by atoms with Gasteiger partial charge in [-0.05, 0) is 19.3 Å². The molecule has 2 atom stereocenters. The van der Waals surface area contributed by atoms with Gasteiger partial charge in [0.05, 0.1) is 6.54 Å². The maximum absolute atomic E-state index is 11.2. The highest BCUT2D eigenvalue weighted by Crippen LogP contribution is 2.24. The van der Waals surface area contributed by atoms with Crippen LogP contribution in [0.2, 0.25) is 0 Å². The van der Waals surface area contributed by atoms with E-state index in [2.05, 4.69) is 11.2 Å². The number of rotatable bonds is 3. The van der Waals surface area contributed by atoms with Crippen LogP contribution in [0, 0.1) is 18.3 Å². The maximum atomic E-state index is 11.2. The predicted molar refractivity (Wildman–Crippen MR) is 54.1 cm³/mol. The first-order valence-corrected chi connectivity index (χ1v) is 4.84. The molecule has 0 spiro atoms. The van der Waals surface area contributed by atoms with Gasteiger partial charge in [-0.15, -0.1) is 12.3 Å². The van der Waals surface area contributed by atoms with E-state index in [-0.39, 0.29) is 24.4 Å². The van der Waals surface area contributed by atoms with Gasteiger partial charge in [0.25, 0.3) is 0 Å². The fraction of sp³-hybridized carbons (Fsp3) is 0.600. The maximum Gasteiger partial charge on any atom is 0.405 e. The first-order chi connectivity index (χ1) is 7.11. The molecule has 1 saturated carbocycles. The van der Waals surface area contributed by atoms with Crippen molar-refractivity contribution in [1.29, 1.82) is 0 Å². The highest BCUT2D eigenvalue weighted by atomic mass is 16.4. The quantitative estimate of drug-likeness (QED) is 0.581. The van der Waals surface area contributed by atoms with Crippen molar-refractivity contribution in [2.75, 3.05) is 6.54 Å². The topological polar surface area (TPSA) is 78.4 Å². The van der Waals surface area contributed by atoms with Crippen molar-refractivity contribution in [2.45, 2.75) is 25.3 Å². The third-order valence-electron chi connectivity index (χ3n) is 2.43. The van der Waals surface area contributed by atoms with E-state index in [1.165, 1.54) is 0 Å². The van der Waals surface area contributed by atoms with E-state index in [4.69, 9.17) is 11.5 Å². The van der Waals surface area contributed by atoms with Crippen LogP contribution in [-0.2, 0) is 4.79 Å². The number of hydrogen-bond donors (Lipinski definition) is 3. The van der Waals surface area contributed by atoms with Crippen molar-refractivity contribution in [3.8, 4) is 12.3 Å². The van der Waals surface area contributed by atoms with E-state index in [0.29, 0.717) is 0 Å². The molecule has 0 aliphatic heterocycles. The Morgan fingerprint density at radius 1 is 1.47 bits per heavy atom.